The predicted molar refractivity (Wildman–Crippen MR) is 55.4 cm³/mol. The number of hydrogen-bond donors (Lipinski definition) is 1. The van der Waals surface area contributed by atoms with Crippen LogP contribution in [0.15, 0.2) is 24.3 Å². The fourth-order valence-corrected chi connectivity index (χ4v) is 1.48. The normalized spacial score (nSPS) is 13.2. The van der Waals surface area contributed by atoms with Crippen molar-refractivity contribution in [1.29, 1.82) is 0 Å². The molecule has 0 aliphatic heterocycles. The van der Waals surface area contributed by atoms with E-state index < -0.39 is 24.6 Å². The van der Waals surface area contributed by atoms with E-state index in [9.17, 15) is 18.0 Å². The number of benzene rings is 1. The van der Waals surface area contributed by atoms with Gasteiger partial charge in [-0.3, -0.25) is 0 Å². The maximum Gasteiger partial charge on any atom is 0.390 e. The maximum atomic E-state index is 12.2. The van der Waals surface area contributed by atoms with Crippen LogP contribution in [0.3, 0.4) is 0 Å². The summed E-state index contributed by atoms with van der Waals surface area (Å²) in [6.07, 6.45) is -5.55. The molecule has 1 atom stereocenters. The summed E-state index contributed by atoms with van der Waals surface area (Å²) in [4.78, 5) is 11.3. The van der Waals surface area contributed by atoms with Gasteiger partial charge >= 0.3 is 12.1 Å². The molecule has 17 heavy (non-hydrogen) atoms. The van der Waals surface area contributed by atoms with E-state index in [1.807, 2.05) is 0 Å². The van der Waals surface area contributed by atoms with Gasteiger partial charge in [0.1, 0.15) is 0 Å². The molecule has 1 aromatic rings. The van der Waals surface area contributed by atoms with Crippen molar-refractivity contribution in [2.75, 3.05) is 7.11 Å². The van der Waals surface area contributed by atoms with E-state index in [1.54, 1.807) is 0 Å². The molecule has 0 aromatic heterocycles. The minimum atomic E-state index is -4.37. The van der Waals surface area contributed by atoms with Crippen molar-refractivity contribution in [1.82, 2.24) is 0 Å². The van der Waals surface area contributed by atoms with Crippen molar-refractivity contribution in [2.24, 2.45) is 5.73 Å². The molecule has 0 aliphatic rings. The van der Waals surface area contributed by atoms with E-state index in [4.69, 9.17) is 5.73 Å². The van der Waals surface area contributed by atoms with Gasteiger partial charge in [-0.25, -0.2) is 4.79 Å². The first-order chi connectivity index (χ1) is 7.85. The van der Waals surface area contributed by atoms with Crippen LogP contribution in [0.25, 0.3) is 0 Å². The Kier molecular flexibility index (Phi) is 4.11. The topological polar surface area (TPSA) is 52.3 Å². The van der Waals surface area contributed by atoms with Crippen LogP contribution in [-0.4, -0.2) is 19.3 Å². The highest BCUT2D eigenvalue weighted by Crippen LogP contribution is 2.29. The molecule has 0 aliphatic carbocycles. The van der Waals surface area contributed by atoms with Gasteiger partial charge in [0.25, 0.3) is 0 Å². The van der Waals surface area contributed by atoms with E-state index >= 15 is 0 Å². The Labute approximate surface area is 96.4 Å². The summed E-state index contributed by atoms with van der Waals surface area (Å²) in [5.74, 6) is -0.696. The zero-order chi connectivity index (χ0) is 13.1. The molecular weight excluding hydrogens is 235 g/mol. The van der Waals surface area contributed by atoms with Gasteiger partial charge in [0, 0.05) is 6.04 Å². The number of nitrogens with two attached hydrogens (primary N) is 1. The molecule has 6 heteroatoms. The van der Waals surface area contributed by atoms with Crippen LogP contribution >= 0.6 is 0 Å². The smallest absolute Gasteiger partial charge is 0.390 e. The van der Waals surface area contributed by atoms with Gasteiger partial charge in [-0.05, 0) is 11.6 Å². The minimum Gasteiger partial charge on any atom is -0.465 e. The molecule has 2 N–H and O–H groups in total. The Balaban J connectivity index is 3.01. The number of ether oxygens (including phenoxy) is 1. The molecule has 0 radical (unpaired) electrons. The summed E-state index contributed by atoms with van der Waals surface area (Å²) in [5, 5.41) is 0. The largest absolute Gasteiger partial charge is 0.465 e. The summed E-state index contributed by atoms with van der Waals surface area (Å²) in [7, 11) is 1.16. The number of carbonyl (C=O) groups is 1. The number of esters is 1. The highest BCUT2D eigenvalue weighted by atomic mass is 19.4. The molecule has 0 spiro atoms. The second-order valence-electron chi connectivity index (χ2n) is 3.50. The molecule has 0 bridgehead atoms. The Morgan fingerprint density at radius 1 is 1.41 bits per heavy atom. The lowest BCUT2D eigenvalue weighted by Gasteiger charge is -2.16. The molecule has 0 amide bonds. The third-order valence-electron chi connectivity index (χ3n) is 2.22. The molecular formula is C11H12F3NO2. The minimum absolute atomic E-state index is 0.0618. The van der Waals surface area contributed by atoms with E-state index in [1.165, 1.54) is 24.3 Å². The zero-order valence-corrected chi connectivity index (χ0v) is 9.12. The van der Waals surface area contributed by atoms with Gasteiger partial charge in [-0.2, -0.15) is 13.2 Å². The number of rotatable bonds is 3. The van der Waals surface area contributed by atoms with Gasteiger partial charge in [0.05, 0.1) is 19.1 Å². The quantitative estimate of drug-likeness (QED) is 0.834. The lowest BCUT2D eigenvalue weighted by atomic mass is 9.98. The van der Waals surface area contributed by atoms with Crippen LogP contribution in [0.2, 0.25) is 0 Å². The molecule has 0 saturated heterocycles. The fourth-order valence-electron chi connectivity index (χ4n) is 1.48. The van der Waals surface area contributed by atoms with Crippen molar-refractivity contribution in [3.8, 4) is 0 Å². The van der Waals surface area contributed by atoms with Gasteiger partial charge in [0.15, 0.2) is 0 Å². The maximum absolute atomic E-state index is 12.2. The number of carbonyl (C=O) groups excluding carboxylic acids is 1. The first kappa shape index (κ1) is 13.5. The second-order valence-corrected chi connectivity index (χ2v) is 3.50. The molecule has 0 saturated carbocycles. The van der Waals surface area contributed by atoms with Crippen molar-refractivity contribution in [3.05, 3.63) is 35.4 Å². The third kappa shape index (κ3) is 3.74. The number of methoxy groups -OCH3 is 1. The molecule has 94 valence electrons. The monoisotopic (exact) mass is 247 g/mol. The standard InChI is InChI=1S/C11H12F3NO2/c1-17-10(16)8-5-3-2-4-7(8)9(15)6-11(12,13)14/h2-5,9H,6,15H2,1H3/t9-/m0/s1. The van der Waals surface area contributed by atoms with Crippen molar-refractivity contribution < 1.29 is 22.7 Å². The number of hydrogen-bond acceptors (Lipinski definition) is 3. The Morgan fingerprint density at radius 3 is 2.53 bits per heavy atom. The van der Waals surface area contributed by atoms with Gasteiger partial charge < -0.3 is 10.5 Å². The zero-order valence-electron chi connectivity index (χ0n) is 9.12. The van der Waals surface area contributed by atoms with Gasteiger partial charge in [0.2, 0.25) is 0 Å². The van der Waals surface area contributed by atoms with Crippen LogP contribution < -0.4 is 5.73 Å². The Bertz CT molecular complexity index is 404. The fraction of sp³-hybridized carbons (Fsp3) is 0.364. The summed E-state index contributed by atoms with van der Waals surface area (Å²) in [6.45, 7) is 0. The molecule has 1 rings (SSSR count). The highest BCUT2D eigenvalue weighted by molar-refractivity contribution is 5.91. The first-order valence-corrected chi connectivity index (χ1v) is 4.84. The average Bonchev–Trinajstić information content (AvgIpc) is 2.25. The van der Waals surface area contributed by atoms with E-state index in [0.717, 1.165) is 7.11 Å². The van der Waals surface area contributed by atoms with Gasteiger partial charge in [-0.15, -0.1) is 0 Å². The van der Waals surface area contributed by atoms with Crippen LogP contribution in [0.1, 0.15) is 28.4 Å². The average molecular weight is 247 g/mol. The van der Waals surface area contributed by atoms with E-state index in [0.29, 0.717) is 0 Å². The van der Waals surface area contributed by atoms with Crippen LogP contribution in [0, 0.1) is 0 Å². The van der Waals surface area contributed by atoms with E-state index in [-0.39, 0.29) is 11.1 Å². The number of alkyl halides is 3. The van der Waals surface area contributed by atoms with E-state index in [2.05, 4.69) is 4.74 Å². The Morgan fingerprint density at radius 2 is 2.00 bits per heavy atom. The lowest BCUT2D eigenvalue weighted by molar-refractivity contribution is -0.138. The summed E-state index contributed by atoms with van der Waals surface area (Å²) < 4.78 is 41.1. The van der Waals surface area contributed by atoms with Crippen LogP contribution in [0.4, 0.5) is 13.2 Å². The molecule has 0 unspecified atom stereocenters. The SMILES string of the molecule is COC(=O)c1ccccc1[C@@H](N)CC(F)(F)F. The summed E-state index contributed by atoms with van der Waals surface area (Å²) >= 11 is 0. The van der Waals surface area contributed by atoms with Gasteiger partial charge in [-0.1, -0.05) is 18.2 Å². The van der Waals surface area contributed by atoms with Crippen molar-refractivity contribution >= 4 is 5.97 Å². The van der Waals surface area contributed by atoms with Crippen LogP contribution in [0.5, 0.6) is 0 Å². The van der Waals surface area contributed by atoms with Crippen molar-refractivity contribution in [3.63, 3.8) is 0 Å². The number of halogens is 3. The molecule has 0 heterocycles. The third-order valence-corrected chi connectivity index (χ3v) is 2.22. The van der Waals surface area contributed by atoms with Crippen LogP contribution in [-0.2, 0) is 4.74 Å². The predicted octanol–water partition coefficient (Wildman–Crippen LogP) is 2.43. The summed E-state index contributed by atoms with van der Waals surface area (Å²) in [6, 6.07) is 4.57. The first-order valence-electron chi connectivity index (χ1n) is 4.84. The molecule has 1 aromatic carbocycles. The second kappa shape index (κ2) is 5.18. The Hall–Kier alpha value is -1.56. The lowest BCUT2D eigenvalue weighted by Crippen LogP contribution is -2.22. The highest BCUT2D eigenvalue weighted by Gasteiger charge is 2.32. The van der Waals surface area contributed by atoms with Crippen molar-refractivity contribution in [2.45, 2.75) is 18.6 Å². The summed E-state index contributed by atoms with van der Waals surface area (Å²) in [5.41, 5.74) is 5.64. The molecule has 0 fully saturated rings. The molecule has 3 nitrogen and oxygen atoms in total.